The van der Waals surface area contributed by atoms with E-state index in [-0.39, 0.29) is 23.7 Å². The van der Waals surface area contributed by atoms with Gasteiger partial charge >= 0.3 is 5.97 Å². The Hall–Kier alpha value is -2.72. The van der Waals surface area contributed by atoms with Gasteiger partial charge in [-0.2, -0.15) is 5.26 Å². The van der Waals surface area contributed by atoms with Gasteiger partial charge in [0, 0.05) is 17.2 Å². The average molecular weight is 323 g/mol. The number of nitrogens with zero attached hydrogens (tertiary/aromatic N) is 2. The van der Waals surface area contributed by atoms with Crippen molar-refractivity contribution in [2.24, 2.45) is 0 Å². The van der Waals surface area contributed by atoms with Gasteiger partial charge < -0.3 is 4.74 Å². The van der Waals surface area contributed by atoms with E-state index in [4.69, 9.17) is 16.9 Å². The number of carbonyl (C=O) groups excluding carboxylic acids is 2. The molecule has 0 amide bonds. The van der Waals surface area contributed by atoms with Gasteiger partial charge in [0.2, 0.25) is 0 Å². The molecule has 0 fully saturated rings. The van der Waals surface area contributed by atoms with E-state index in [2.05, 4.69) is 4.74 Å². The fraction of sp³-hybridized carbons (Fsp3) is 0.214. The summed E-state index contributed by atoms with van der Waals surface area (Å²) in [5.41, 5.74) is 0.134. The van der Waals surface area contributed by atoms with Crippen molar-refractivity contribution in [3.8, 4) is 6.07 Å². The maximum absolute atomic E-state index is 11.6. The van der Waals surface area contributed by atoms with Crippen molar-refractivity contribution in [2.75, 3.05) is 6.61 Å². The van der Waals surface area contributed by atoms with E-state index in [0.29, 0.717) is 5.56 Å². The van der Waals surface area contributed by atoms with E-state index in [1.807, 2.05) is 0 Å². The van der Waals surface area contributed by atoms with Crippen LogP contribution in [0, 0.1) is 21.4 Å². The molecule has 0 bridgehead atoms. The van der Waals surface area contributed by atoms with Crippen molar-refractivity contribution in [1.82, 2.24) is 0 Å². The number of non-ortho nitro benzene ring substituents is 1. The molecule has 0 atom stereocenters. The number of nitro benzene ring substituents is 1. The van der Waals surface area contributed by atoms with Crippen LogP contribution in [0.15, 0.2) is 24.3 Å². The van der Waals surface area contributed by atoms with E-state index in [9.17, 15) is 19.7 Å². The number of allylic oxidation sites excluding steroid dienone is 1. The first-order valence-corrected chi connectivity index (χ1v) is 6.49. The SMILES string of the molecule is N#CCCOC(=O)CC(=O)C=Cc1cc([N+](=O)[O-])ccc1Cl. The number of halogens is 1. The summed E-state index contributed by atoms with van der Waals surface area (Å²) in [5, 5.41) is 19.2. The molecule has 0 radical (unpaired) electrons. The van der Waals surface area contributed by atoms with E-state index < -0.39 is 23.1 Å². The van der Waals surface area contributed by atoms with Gasteiger partial charge in [0.15, 0.2) is 5.78 Å². The topological polar surface area (TPSA) is 110 Å². The maximum atomic E-state index is 11.6. The fourth-order valence-electron chi connectivity index (χ4n) is 1.42. The number of ether oxygens (including phenoxy) is 1. The summed E-state index contributed by atoms with van der Waals surface area (Å²) in [5.74, 6) is -1.28. The summed E-state index contributed by atoms with van der Waals surface area (Å²) in [7, 11) is 0. The Bertz CT molecular complexity index is 664. The van der Waals surface area contributed by atoms with Crippen LogP contribution in [0.5, 0.6) is 0 Å². The minimum atomic E-state index is -0.741. The van der Waals surface area contributed by atoms with E-state index in [1.165, 1.54) is 24.3 Å². The van der Waals surface area contributed by atoms with Crippen LogP contribution >= 0.6 is 11.6 Å². The lowest BCUT2D eigenvalue weighted by atomic mass is 10.1. The van der Waals surface area contributed by atoms with E-state index in [1.54, 1.807) is 6.07 Å². The maximum Gasteiger partial charge on any atom is 0.313 e. The molecule has 1 aromatic rings. The normalized spacial score (nSPS) is 10.2. The summed E-state index contributed by atoms with van der Waals surface area (Å²) in [4.78, 5) is 32.9. The summed E-state index contributed by atoms with van der Waals surface area (Å²) < 4.78 is 4.65. The number of nitro groups is 1. The van der Waals surface area contributed by atoms with Crippen molar-refractivity contribution in [3.05, 3.63) is 45.0 Å². The highest BCUT2D eigenvalue weighted by Crippen LogP contribution is 2.23. The first-order valence-electron chi connectivity index (χ1n) is 6.11. The third kappa shape index (κ3) is 5.73. The van der Waals surface area contributed by atoms with Crippen LogP contribution in [-0.4, -0.2) is 23.3 Å². The first kappa shape index (κ1) is 17.3. The Balaban J connectivity index is 2.66. The largest absolute Gasteiger partial charge is 0.464 e. The van der Waals surface area contributed by atoms with Gasteiger partial charge in [-0.15, -0.1) is 0 Å². The number of rotatable bonds is 7. The van der Waals surface area contributed by atoms with Gasteiger partial charge in [-0.05, 0) is 23.8 Å². The predicted octanol–water partition coefficient (Wildman–Crippen LogP) is 2.68. The van der Waals surface area contributed by atoms with Crippen LogP contribution in [0.1, 0.15) is 18.4 Å². The molecule has 0 spiro atoms. The standard InChI is InChI=1S/C14H11ClN2O5/c15-13-5-3-11(17(20)21)8-10(13)2-4-12(18)9-14(19)22-7-1-6-16/h2-5,8H,1,7,9H2. The summed E-state index contributed by atoms with van der Waals surface area (Å²) >= 11 is 5.87. The highest BCUT2D eigenvalue weighted by Gasteiger charge is 2.10. The fourth-order valence-corrected chi connectivity index (χ4v) is 1.60. The summed E-state index contributed by atoms with van der Waals surface area (Å²) in [6, 6.07) is 5.61. The number of ketones is 1. The minimum absolute atomic E-state index is 0.0546. The van der Waals surface area contributed by atoms with E-state index in [0.717, 1.165) is 6.08 Å². The van der Waals surface area contributed by atoms with Crippen LogP contribution in [0.2, 0.25) is 5.02 Å². The molecule has 0 aliphatic heterocycles. The van der Waals surface area contributed by atoms with Crippen molar-refractivity contribution < 1.29 is 19.2 Å². The van der Waals surface area contributed by atoms with Gasteiger partial charge in [0.05, 0.1) is 17.4 Å². The molecule has 7 nitrogen and oxygen atoms in total. The number of nitriles is 1. The molecule has 0 unspecified atom stereocenters. The smallest absolute Gasteiger partial charge is 0.313 e. The van der Waals surface area contributed by atoms with Crippen molar-refractivity contribution in [1.29, 1.82) is 5.26 Å². The zero-order valence-electron chi connectivity index (χ0n) is 11.3. The molecule has 0 saturated carbocycles. The van der Waals surface area contributed by atoms with Crippen LogP contribution in [0.25, 0.3) is 6.08 Å². The molecule has 0 N–H and O–H groups in total. The highest BCUT2D eigenvalue weighted by molar-refractivity contribution is 6.32. The van der Waals surface area contributed by atoms with Crippen molar-refractivity contribution >= 4 is 35.1 Å². The molecule has 0 heterocycles. The quantitative estimate of drug-likeness (QED) is 0.190. The van der Waals surface area contributed by atoms with Crippen LogP contribution in [0.3, 0.4) is 0 Å². The van der Waals surface area contributed by atoms with Gasteiger partial charge in [0.1, 0.15) is 13.0 Å². The second-order valence-electron chi connectivity index (χ2n) is 4.07. The molecule has 1 aromatic carbocycles. The Labute approximate surface area is 130 Å². The highest BCUT2D eigenvalue weighted by atomic mass is 35.5. The van der Waals surface area contributed by atoms with Crippen LogP contribution < -0.4 is 0 Å². The second kappa shape index (κ2) is 8.54. The number of hydrogen-bond acceptors (Lipinski definition) is 6. The van der Waals surface area contributed by atoms with Gasteiger partial charge in [0.25, 0.3) is 5.69 Å². The molecule has 0 aliphatic rings. The lowest BCUT2D eigenvalue weighted by Gasteiger charge is -2.00. The lowest BCUT2D eigenvalue weighted by molar-refractivity contribution is -0.384. The number of hydrogen-bond donors (Lipinski definition) is 0. The third-order valence-corrected chi connectivity index (χ3v) is 2.78. The Morgan fingerprint density at radius 2 is 2.18 bits per heavy atom. The Morgan fingerprint density at radius 3 is 2.82 bits per heavy atom. The molecule has 0 saturated heterocycles. The molecule has 0 aromatic heterocycles. The zero-order valence-corrected chi connectivity index (χ0v) is 12.1. The predicted molar refractivity (Wildman–Crippen MR) is 78.0 cm³/mol. The second-order valence-corrected chi connectivity index (χ2v) is 4.48. The number of esters is 1. The first-order chi connectivity index (χ1) is 10.4. The molecular weight excluding hydrogens is 312 g/mol. The number of carbonyl (C=O) groups is 2. The van der Waals surface area contributed by atoms with Crippen LogP contribution in [-0.2, 0) is 14.3 Å². The third-order valence-electron chi connectivity index (χ3n) is 2.43. The van der Waals surface area contributed by atoms with E-state index >= 15 is 0 Å². The Morgan fingerprint density at radius 1 is 1.45 bits per heavy atom. The Kier molecular flexibility index (Phi) is 6.73. The zero-order chi connectivity index (χ0) is 16.5. The average Bonchev–Trinajstić information content (AvgIpc) is 2.46. The molecule has 114 valence electrons. The summed E-state index contributed by atoms with van der Waals surface area (Å²) in [6.45, 7) is -0.0664. The minimum Gasteiger partial charge on any atom is -0.464 e. The lowest BCUT2D eigenvalue weighted by Crippen LogP contribution is -2.10. The van der Waals surface area contributed by atoms with Gasteiger partial charge in [-0.1, -0.05) is 11.6 Å². The molecular formula is C14H11ClN2O5. The monoisotopic (exact) mass is 322 g/mol. The summed E-state index contributed by atoms with van der Waals surface area (Å²) in [6.07, 6.45) is 1.96. The molecule has 22 heavy (non-hydrogen) atoms. The van der Waals surface area contributed by atoms with Crippen molar-refractivity contribution in [2.45, 2.75) is 12.8 Å². The van der Waals surface area contributed by atoms with Gasteiger partial charge in [-0.25, -0.2) is 0 Å². The number of benzene rings is 1. The van der Waals surface area contributed by atoms with Crippen molar-refractivity contribution in [3.63, 3.8) is 0 Å². The molecule has 1 rings (SSSR count). The molecule has 0 aliphatic carbocycles. The molecule has 8 heteroatoms. The van der Waals surface area contributed by atoms with Crippen LogP contribution in [0.4, 0.5) is 5.69 Å². The van der Waals surface area contributed by atoms with Gasteiger partial charge in [-0.3, -0.25) is 19.7 Å².